The molecule has 0 radical (unpaired) electrons. The second-order valence-corrected chi connectivity index (χ2v) is 8.80. The summed E-state index contributed by atoms with van der Waals surface area (Å²) in [7, 11) is 0. The largest absolute Gasteiger partial charge is 0.397 e. The van der Waals surface area contributed by atoms with Crippen LogP contribution >= 0.6 is 15.9 Å². The quantitative estimate of drug-likeness (QED) is 0.635. The zero-order chi connectivity index (χ0) is 18.5. The van der Waals surface area contributed by atoms with Crippen molar-refractivity contribution >= 4 is 27.3 Å². The van der Waals surface area contributed by atoms with Crippen molar-refractivity contribution in [2.24, 2.45) is 0 Å². The first-order valence-electron chi connectivity index (χ1n) is 10.2. The van der Waals surface area contributed by atoms with Gasteiger partial charge in [-0.05, 0) is 69.6 Å². The average Bonchev–Trinajstić information content (AvgIpc) is 2.65. The van der Waals surface area contributed by atoms with E-state index in [1.807, 2.05) is 6.07 Å². The Balaban J connectivity index is 1.44. The number of nitrogens with zero attached hydrogens (tertiary/aromatic N) is 1. The lowest BCUT2D eigenvalue weighted by Gasteiger charge is -2.41. The van der Waals surface area contributed by atoms with Crippen LogP contribution in [0.5, 0.6) is 0 Å². The van der Waals surface area contributed by atoms with Crippen molar-refractivity contribution in [2.75, 3.05) is 30.7 Å². The number of rotatable bonds is 6. The second-order valence-electron chi connectivity index (χ2n) is 7.94. The molecule has 3 N–H and O–H groups in total. The van der Waals surface area contributed by atoms with Gasteiger partial charge < -0.3 is 20.7 Å². The van der Waals surface area contributed by atoms with Crippen LogP contribution in [0.3, 0.4) is 0 Å². The van der Waals surface area contributed by atoms with Crippen molar-refractivity contribution in [1.82, 2.24) is 4.90 Å². The molecule has 4 nitrogen and oxygen atoms in total. The molecule has 2 fully saturated rings. The van der Waals surface area contributed by atoms with E-state index in [1.54, 1.807) is 0 Å². The summed E-state index contributed by atoms with van der Waals surface area (Å²) in [6, 6.07) is 5.44. The molecule has 0 amide bonds. The molecule has 1 heterocycles. The van der Waals surface area contributed by atoms with Crippen molar-refractivity contribution in [2.45, 2.75) is 77.0 Å². The fraction of sp³-hybridized carbons (Fsp3) is 0.714. The van der Waals surface area contributed by atoms with Gasteiger partial charge in [0.05, 0.1) is 17.5 Å². The summed E-state index contributed by atoms with van der Waals surface area (Å²) in [5.74, 6) is 0. The normalized spacial score (nSPS) is 25.3. The Bertz CT molecular complexity index is 579. The minimum absolute atomic E-state index is 0.508. The zero-order valence-corrected chi connectivity index (χ0v) is 17.9. The van der Waals surface area contributed by atoms with Gasteiger partial charge in [-0.3, -0.25) is 0 Å². The highest BCUT2D eigenvalue weighted by molar-refractivity contribution is 9.10. The molecule has 1 saturated heterocycles. The summed E-state index contributed by atoms with van der Waals surface area (Å²) in [6.07, 6.45) is 9.08. The lowest BCUT2D eigenvalue weighted by molar-refractivity contribution is 0.00428. The number of nitrogens with one attached hydrogen (secondary N) is 1. The van der Waals surface area contributed by atoms with Crippen LogP contribution in [0.2, 0.25) is 0 Å². The van der Waals surface area contributed by atoms with Crippen molar-refractivity contribution in [3.05, 3.63) is 22.2 Å². The number of anilines is 2. The van der Waals surface area contributed by atoms with E-state index in [0.29, 0.717) is 12.1 Å². The van der Waals surface area contributed by atoms with E-state index in [9.17, 15) is 0 Å². The van der Waals surface area contributed by atoms with Crippen molar-refractivity contribution in [3.8, 4) is 0 Å². The Morgan fingerprint density at radius 2 is 1.85 bits per heavy atom. The van der Waals surface area contributed by atoms with Gasteiger partial charge >= 0.3 is 0 Å². The smallest absolute Gasteiger partial charge is 0.0587 e. The zero-order valence-electron chi connectivity index (χ0n) is 16.3. The van der Waals surface area contributed by atoms with E-state index in [4.69, 9.17) is 10.5 Å². The molecule has 26 heavy (non-hydrogen) atoms. The summed E-state index contributed by atoms with van der Waals surface area (Å²) in [5, 5.41) is 3.67. The van der Waals surface area contributed by atoms with Gasteiger partial charge in [0.25, 0.3) is 0 Å². The number of halogens is 1. The molecule has 1 aromatic carbocycles. The van der Waals surface area contributed by atoms with Gasteiger partial charge in [-0.25, -0.2) is 0 Å². The molecule has 0 spiro atoms. The summed E-state index contributed by atoms with van der Waals surface area (Å²) in [4.78, 5) is 2.71. The number of piperidine rings is 1. The lowest BCUT2D eigenvalue weighted by atomic mass is 9.90. The maximum atomic E-state index is 6.19. The molecule has 1 aromatic rings. The minimum atomic E-state index is 0.508. The van der Waals surface area contributed by atoms with Crippen LogP contribution in [-0.2, 0) is 4.74 Å². The van der Waals surface area contributed by atoms with Gasteiger partial charge in [-0.2, -0.15) is 0 Å². The number of ether oxygens (including phenoxy) is 1. The van der Waals surface area contributed by atoms with E-state index in [1.165, 1.54) is 57.2 Å². The highest BCUT2D eigenvalue weighted by Crippen LogP contribution is 2.31. The van der Waals surface area contributed by atoms with Crippen LogP contribution in [0, 0.1) is 6.92 Å². The highest BCUT2D eigenvalue weighted by atomic mass is 79.9. The first-order chi connectivity index (χ1) is 12.6. The van der Waals surface area contributed by atoms with Crippen LogP contribution in [0.4, 0.5) is 11.4 Å². The van der Waals surface area contributed by atoms with Gasteiger partial charge in [-0.1, -0.05) is 22.9 Å². The Morgan fingerprint density at radius 3 is 2.50 bits per heavy atom. The van der Waals surface area contributed by atoms with E-state index < -0.39 is 0 Å². The van der Waals surface area contributed by atoms with Crippen molar-refractivity contribution in [1.29, 1.82) is 0 Å². The van der Waals surface area contributed by atoms with Crippen LogP contribution in [0.15, 0.2) is 16.6 Å². The molecule has 0 unspecified atom stereocenters. The molecule has 5 heteroatoms. The summed E-state index contributed by atoms with van der Waals surface area (Å²) < 4.78 is 7.06. The molecule has 1 saturated carbocycles. The third-order valence-electron chi connectivity index (χ3n) is 5.94. The third kappa shape index (κ3) is 5.14. The summed E-state index contributed by atoms with van der Waals surface area (Å²) in [6.45, 7) is 7.56. The fourth-order valence-corrected chi connectivity index (χ4v) is 4.66. The number of hydrogen-bond donors (Lipinski definition) is 2. The van der Waals surface area contributed by atoms with Crippen LogP contribution in [-0.4, -0.2) is 42.8 Å². The topological polar surface area (TPSA) is 50.5 Å². The Morgan fingerprint density at radius 1 is 1.15 bits per heavy atom. The van der Waals surface area contributed by atoms with Gasteiger partial charge in [0.1, 0.15) is 0 Å². The molecule has 0 aromatic heterocycles. The highest BCUT2D eigenvalue weighted by Gasteiger charge is 2.29. The standard InChI is InChI=1S/C21H34BrN3O/c1-3-12-26-18-6-4-17(5-7-18)25-10-8-16(9-11-25)24-21-14-19(22)15(2)13-20(21)23/h13-14,16-18,24H,3-12,23H2,1-2H3/t17-,18-. The predicted molar refractivity (Wildman–Crippen MR) is 114 cm³/mol. The first kappa shape index (κ1) is 20.0. The molecule has 3 rings (SSSR count). The Labute approximate surface area is 167 Å². The molecular formula is C21H34BrN3O. The number of nitrogen functional groups attached to an aromatic ring is 1. The van der Waals surface area contributed by atoms with Crippen LogP contribution in [0.25, 0.3) is 0 Å². The van der Waals surface area contributed by atoms with Gasteiger partial charge in [0.2, 0.25) is 0 Å². The Hall–Kier alpha value is -0.780. The molecule has 146 valence electrons. The number of likely N-dealkylation sites (tertiary alicyclic amines) is 1. The lowest BCUT2D eigenvalue weighted by Crippen LogP contribution is -2.46. The predicted octanol–water partition coefficient (Wildman–Crippen LogP) is 4.95. The Kier molecular flexibility index (Phi) is 7.24. The maximum absolute atomic E-state index is 6.19. The van der Waals surface area contributed by atoms with Crippen molar-refractivity contribution in [3.63, 3.8) is 0 Å². The minimum Gasteiger partial charge on any atom is -0.397 e. The molecule has 0 atom stereocenters. The average molecular weight is 424 g/mol. The van der Waals surface area contributed by atoms with Gasteiger partial charge in [-0.15, -0.1) is 0 Å². The number of aryl methyl sites for hydroxylation is 1. The SMILES string of the molecule is CCCO[C@H]1CC[C@H](N2CCC(Nc3cc(Br)c(C)cc3N)CC2)CC1. The summed E-state index contributed by atoms with van der Waals surface area (Å²) >= 11 is 3.61. The number of benzene rings is 1. The molecular weight excluding hydrogens is 390 g/mol. The molecule has 1 aliphatic heterocycles. The molecule has 0 bridgehead atoms. The third-order valence-corrected chi connectivity index (χ3v) is 6.79. The maximum Gasteiger partial charge on any atom is 0.0587 e. The number of nitrogens with two attached hydrogens (primary N) is 1. The second kappa shape index (κ2) is 9.43. The number of hydrogen-bond acceptors (Lipinski definition) is 4. The summed E-state index contributed by atoms with van der Waals surface area (Å²) in [5.41, 5.74) is 9.29. The monoisotopic (exact) mass is 423 g/mol. The van der Waals surface area contributed by atoms with Crippen LogP contribution in [0.1, 0.15) is 57.4 Å². The molecule has 2 aliphatic rings. The van der Waals surface area contributed by atoms with Gasteiger partial charge in [0.15, 0.2) is 0 Å². The van der Waals surface area contributed by atoms with E-state index in [-0.39, 0.29) is 0 Å². The van der Waals surface area contributed by atoms with E-state index in [0.717, 1.165) is 34.9 Å². The van der Waals surface area contributed by atoms with Crippen molar-refractivity contribution < 1.29 is 4.74 Å². The van der Waals surface area contributed by atoms with E-state index >= 15 is 0 Å². The van der Waals surface area contributed by atoms with Crippen LogP contribution < -0.4 is 11.1 Å². The van der Waals surface area contributed by atoms with E-state index in [2.05, 4.69) is 46.1 Å². The fourth-order valence-electron chi connectivity index (χ4n) is 4.32. The first-order valence-corrected chi connectivity index (χ1v) is 11.0. The molecule has 1 aliphatic carbocycles. The van der Waals surface area contributed by atoms with Gasteiger partial charge in [0, 0.05) is 36.3 Å².